The molecule has 7 heteroatoms. The van der Waals surface area contributed by atoms with Crippen LogP contribution in [0, 0.1) is 10.1 Å². The molecule has 1 aliphatic heterocycles. The van der Waals surface area contributed by atoms with Gasteiger partial charge in [0.15, 0.2) is 12.4 Å². The summed E-state index contributed by atoms with van der Waals surface area (Å²) in [5, 5.41) is 11.2. The van der Waals surface area contributed by atoms with E-state index in [-0.39, 0.29) is 29.0 Å². The van der Waals surface area contributed by atoms with Crippen LogP contribution in [0.1, 0.15) is 5.56 Å². The molecule has 0 unspecified atom stereocenters. The van der Waals surface area contributed by atoms with Gasteiger partial charge in [0.25, 0.3) is 5.91 Å². The fourth-order valence-electron chi connectivity index (χ4n) is 2.57. The number of anilines is 1. The maximum Gasteiger partial charge on any atom is 0.312 e. The molecule has 0 spiro atoms. The molecule has 118 valence electrons. The monoisotopic (exact) mass is 332 g/mol. The molecule has 2 aromatic carbocycles. The first-order valence-electron chi connectivity index (χ1n) is 7.01. The van der Waals surface area contributed by atoms with Crippen molar-refractivity contribution in [2.45, 2.75) is 6.42 Å². The molecule has 1 amide bonds. The lowest BCUT2D eigenvalue weighted by atomic mass is 10.2. The topological polar surface area (TPSA) is 72.7 Å². The lowest BCUT2D eigenvalue weighted by molar-refractivity contribution is -0.385. The van der Waals surface area contributed by atoms with Gasteiger partial charge in [0, 0.05) is 23.3 Å². The number of nitrogens with zero attached hydrogens (tertiary/aromatic N) is 2. The summed E-state index contributed by atoms with van der Waals surface area (Å²) in [5.41, 5.74) is 1.72. The fraction of sp³-hybridized carbons (Fsp3) is 0.188. The van der Waals surface area contributed by atoms with Crippen LogP contribution in [-0.4, -0.2) is 24.0 Å². The number of para-hydroxylation sites is 1. The minimum absolute atomic E-state index is 0.0280. The zero-order chi connectivity index (χ0) is 16.4. The van der Waals surface area contributed by atoms with Gasteiger partial charge in [0.2, 0.25) is 0 Å². The highest BCUT2D eigenvalue weighted by Crippen LogP contribution is 2.31. The predicted octanol–water partition coefficient (Wildman–Crippen LogP) is 3.22. The van der Waals surface area contributed by atoms with Gasteiger partial charge in [-0.1, -0.05) is 29.8 Å². The molecule has 0 fully saturated rings. The van der Waals surface area contributed by atoms with E-state index in [9.17, 15) is 14.9 Å². The van der Waals surface area contributed by atoms with Crippen LogP contribution in [0.3, 0.4) is 0 Å². The highest BCUT2D eigenvalue weighted by Gasteiger charge is 2.25. The molecule has 0 radical (unpaired) electrons. The largest absolute Gasteiger partial charge is 0.477 e. The number of nitro benzene ring substituents is 1. The summed E-state index contributed by atoms with van der Waals surface area (Å²) in [6, 6.07) is 11.7. The molecule has 1 aliphatic rings. The van der Waals surface area contributed by atoms with Gasteiger partial charge in [0.05, 0.1) is 4.92 Å². The molecule has 0 N–H and O–H groups in total. The lowest BCUT2D eigenvalue weighted by Crippen LogP contribution is -2.33. The standard InChI is InChI=1S/C16H13ClN2O4/c17-12-5-6-15(14(9-12)19(21)22)23-10-16(20)18-8-7-11-3-1-2-4-13(11)18/h1-6,9H,7-8,10H2. The van der Waals surface area contributed by atoms with Gasteiger partial charge in [-0.15, -0.1) is 0 Å². The number of hydrogen-bond donors (Lipinski definition) is 0. The van der Waals surface area contributed by atoms with E-state index in [2.05, 4.69) is 0 Å². The fourth-order valence-corrected chi connectivity index (χ4v) is 2.74. The highest BCUT2D eigenvalue weighted by atomic mass is 35.5. The van der Waals surface area contributed by atoms with Gasteiger partial charge in [0.1, 0.15) is 0 Å². The van der Waals surface area contributed by atoms with Crippen LogP contribution in [0.15, 0.2) is 42.5 Å². The smallest absolute Gasteiger partial charge is 0.312 e. The second kappa shape index (κ2) is 6.26. The Kier molecular flexibility index (Phi) is 4.16. The summed E-state index contributed by atoms with van der Waals surface area (Å²) >= 11 is 5.75. The van der Waals surface area contributed by atoms with Crippen molar-refractivity contribution < 1.29 is 14.5 Å². The molecule has 0 bridgehead atoms. The zero-order valence-corrected chi connectivity index (χ0v) is 12.8. The number of halogens is 1. The number of nitro groups is 1. The Balaban J connectivity index is 1.72. The van der Waals surface area contributed by atoms with Crippen LogP contribution >= 0.6 is 11.6 Å². The van der Waals surface area contributed by atoms with Crippen molar-refractivity contribution in [2.75, 3.05) is 18.1 Å². The summed E-state index contributed by atoms with van der Waals surface area (Å²) in [6.45, 7) is 0.320. The number of carbonyl (C=O) groups excluding carboxylic acids is 1. The molecule has 2 aromatic rings. The van der Waals surface area contributed by atoms with Gasteiger partial charge >= 0.3 is 5.69 Å². The van der Waals surface area contributed by atoms with Crippen LogP contribution in [-0.2, 0) is 11.2 Å². The van der Waals surface area contributed by atoms with Gasteiger partial charge in [-0.2, -0.15) is 0 Å². The van der Waals surface area contributed by atoms with Crippen LogP contribution < -0.4 is 9.64 Å². The van der Waals surface area contributed by atoms with Crippen molar-refractivity contribution in [3.8, 4) is 5.75 Å². The van der Waals surface area contributed by atoms with Crippen LogP contribution in [0.4, 0.5) is 11.4 Å². The Morgan fingerprint density at radius 2 is 2.09 bits per heavy atom. The van der Waals surface area contributed by atoms with Gasteiger partial charge in [-0.05, 0) is 30.2 Å². The van der Waals surface area contributed by atoms with Crippen LogP contribution in [0.25, 0.3) is 0 Å². The van der Waals surface area contributed by atoms with E-state index in [0.717, 1.165) is 17.7 Å². The number of hydrogen-bond acceptors (Lipinski definition) is 4. The van der Waals surface area contributed by atoms with Crippen molar-refractivity contribution in [2.24, 2.45) is 0 Å². The maximum absolute atomic E-state index is 12.3. The molecule has 3 rings (SSSR count). The maximum atomic E-state index is 12.3. The van der Waals surface area contributed by atoms with Crippen LogP contribution in [0.5, 0.6) is 5.75 Å². The van der Waals surface area contributed by atoms with Gasteiger partial charge in [-0.3, -0.25) is 14.9 Å². The average Bonchev–Trinajstić information content (AvgIpc) is 2.97. The van der Waals surface area contributed by atoms with E-state index in [1.807, 2.05) is 24.3 Å². The van der Waals surface area contributed by atoms with Crippen molar-refractivity contribution in [1.82, 2.24) is 0 Å². The Bertz CT molecular complexity index is 778. The van der Waals surface area contributed by atoms with Crippen LogP contribution in [0.2, 0.25) is 5.02 Å². The van der Waals surface area contributed by atoms with Crippen molar-refractivity contribution in [3.05, 3.63) is 63.2 Å². The highest BCUT2D eigenvalue weighted by molar-refractivity contribution is 6.30. The number of fused-ring (bicyclic) bond motifs is 1. The molecule has 23 heavy (non-hydrogen) atoms. The molecular weight excluding hydrogens is 320 g/mol. The molecule has 0 aliphatic carbocycles. The molecule has 1 heterocycles. The Morgan fingerprint density at radius 3 is 2.87 bits per heavy atom. The minimum Gasteiger partial charge on any atom is -0.477 e. The molecule has 6 nitrogen and oxygen atoms in total. The SMILES string of the molecule is O=C(COc1ccc(Cl)cc1[N+](=O)[O-])N1CCc2ccccc21. The second-order valence-electron chi connectivity index (χ2n) is 5.08. The quantitative estimate of drug-likeness (QED) is 0.636. The number of benzene rings is 2. The minimum atomic E-state index is -0.586. The molecule has 0 saturated carbocycles. The Hall–Kier alpha value is -2.60. The normalized spacial score (nSPS) is 12.8. The molecule has 0 saturated heterocycles. The van der Waals surface area contributed by atoms with Gasteiger partial charge in [-0.25, -0.2) is 0 Å². The Morgan fingerprint density at radius 1 is 1.30 bits per heavy atom. The predicted molar refractivity (Wildman–Crippen MR) is 86.1 cm³/mol. The Labute approximate surface area is 137 Å². The van der Waals surface area contributed by atoms with E-state index in [0.29, 0.717) is 6.54 Å². The number of ether oxygens (including phenoxy) is 1. The summed E-state index contributed by atoms with van der Waals surface area (Å²) < 4.78 is 5.35. The summed E-state index contributed by atoms with van der Waals surface area (Å²) in [4.78, 5) is 24.4. The number of carbonyl (C=O) groups is 1. The first kappa shape index (κ1) is 15.3. The van der Waals surface area contributed by atoms with Crippen molar-refractivity contribution >= 4 is 28.9 Å². The van der Waals surface area contributed by atoms with Crippen molar-refractivity contribution in [1.29, 1.82) is 0 Å². The van der Waals surface area contributed by atoms with E-state index >= 15 is 0 Å². The summed E-state index contributed by atoms with van der Waals surface area (Å²) in [7, 11) is 0. The second-order valence-corrected chi connectivity index (χ2v) is 5.52. The summed E-state index contributed by atoms with van der Waals surface area (Å²) in [6.07, 6.45) is 0.795. The number of amides is 1. The molecular formula is C16H13ClN2O4. The zero-order valence-electron chi connectivity index (χ0n) is 12.1. The van der Waals surface area contributed by atoms with E-state index in [1.165, 1.54) is 18.2 Å². The van der Waals surface area contributed by atoms with Crippen molar-refractivity contribution in [3.63, 3.8) is 0 Å². The lowest BCUT2D eigenvalue weighted by Gasteiger charge is -2.17. The first-order chi connectivity index (χ1) is 11.1. The third-order valence-electron chi connectivity index (χ3n) is 3.66. The summed E-state index contributed by atoms with van der Waals surface area (Å²) in [5.74, 6) is -0.209. The first-order valence-corrected chi connectivity index (χ1v) is 7.39. The van der Waals surface area contributed by atoms with E-state index < -0.39 is 4.92 Å². The average molecular weight is 333 g/mol. The third-order valence-corrected chi connectivity index (χ3v) is 3.89. The molecule has 0 aromatic heterocycles. The molecule has 0 atom stereocenters. The third kappa shape index (κ3) is 3.12. The number of rotatable bonds is 4. The van der Waals surface area contributed by atoms with E-state index in [1.54, 1.807) is 4.90 Å². The van der Waals surface area contributed by atoms with Gasteiger partial charge < -0.3 is 9.64 Å². The van der Waals surface area contributed by atoms with E-state index in [4.69, 9.17) is 16.3 Å².